The van der Waals surface area contributed by atoms with Crippen LogP contribution in [0.2, 0.25) is 0 Å². The van der Waals surface area contributed by atoms with Crippen LogP contribution in [0.15, 0.2) is 24.3 Å². The predicted octanol–water partition coefficient (Wildman–Crippen LogP) is 4.65. The van der Waals surface area contributed by atoms with E-state index in [9.17, 15) is 32.9 Å². The number of ether oxygens (including phenoxy) is 2. The van der Waals surface area contributed by atoms with Crippen molar-refractivity contribution >= 4 is 12.1 Å². The molecule has 184 valence electrons. The van der Waals surface area contributed by atoms with Gasteiger partial charge in [0.1, 0.15) is 5.60 Å². The molecule has 1 aliphatic heterocycles. The summed E-state index contributed by atoms with van der Waals surface area (Å²) in [6, 6.07) is 4.02. The Balaban J connectivity index is 2.41. The van der Waals surface area contributed by atoms with Gasteiger partial charge in [0.25, 0.3) is 0 Å². The Morgan fingerprint density at radius 1 is 1.15 bits per heavy atom. The number of esters is 1. The molecule has 33 heavy (non-hydrogen) atoms. The van der Waals surface area contributed by atoms with Crippen LogP contribution in [0.3, 0.4) is 0 Å². The molecule has 0 spiro atoms. The molecule has 0 N–H and O–H groups in total. The topological polar surface area (TPSA) is 99.0 Å². The zero-order chi connectivity index (χ0) is 25.0. The summed E-state index contributed by atoms with van der Waals surface area (Å²) in [5.74, 6) is -1.70. The first-order valence-corrected chi connectivity index (χ1v) is 10.6. The van der Waals surface area contributed by atoms with Crippen LogP contribution < -0.4 is 0 Å². The highest BCUT2D eigenvalue weighted by molar-refractivity contribution is 5.79. The molecule has 0 radical (unpaired) electrons. The maximum absolute atomic E-state index is 13.1. The molecule has 1 aliphatic rings. The zero-order valence-corrected chi connectivity index (χ0v) is 19.1. The van der Waals surface area contributed by atoms with Gasteiger partial charge in [-0.3, -0.25) is 14.9 Å². The highest BCUT2D eigenvalue weighted by atomic mass is 19.4. The number of halogens is 3. The predicted molar refractivity (Wildman–Crippen MR) is 112 cm³/mol. The monoisotopic (exact) mass is 474 g/mol. The molecular formula is C22H29F3N2O6. The number of piperidine rings is 1. The number of rotatable bonds is 6. The van der Waals surface area contributed by atoms with Gasteiger partial charge in [-0.05, 0) is 58.2 Å². The van der Waals surface area contributed by atoms with E-state index < -0.39 is 52.2 Å². The number of amides is 1. The van der Waals surface area contributed by atoms with E-state index in [4.69, 9.17) is 9.47 Å². The summed E-state index contributed by atoms with van der Waals surface area (Å²) in [4.78, 5) is 37.8. The average Bonchev–Trinajstić information content (AvgIpc) is 2.70. The van der Waals surface area contributed by atoms with Crippen molar-refractivity contribution in [3.05, 3.63) is 45.5 Å². The lowest BCUT2D eigenvalue weighted by Gasteiger charge is -2.43. The number of benzene rings is 1. The fraction of sp³-hybridized carbons (Fsp3) is 0.636. The van der Waals surface area contributed by atoms with E-state index >= 15 is 0 Å². The van der Waals surface area contributed by atoms with Crippen LogP contribution in [0.5, 0.6) is 0 Å². The molecule has 1 fully saturated rings. The number of nitrogens with zero attached hydrogens (tertiary/aromatic N) is 2. The molecule has 8 nitrogen and oxygen atoms in total. The highest BCUT2D eigenvalue weighted by Crippen LogP contribution is 2.46. The van der Waals surface area contributed by atoms with Crippen molar-refractivity contribution in [1.82, 2.24) is 4.90 Å². The van der Waals surface area contributed by atoms with E-state index in [1.54, 1.807) is 27.7 Å². The minimum absolute atomic E-state index is 0.0363. The molecule has 2 rings (SSSR count). The van der Waals surface area contributed by atoms with Gasteiger partial charge >= 0.3 is 18.2 Å². The molecule has 0 saturated carbocycles. The van der Waals surface area contributed by atoms with E-state index in [2.05, 4.69) is 0 Å². The van der Waals surface area contributed by atoms with Gasteiger partial charge in [-0.25, -0.2) is 4.79 Å². The van der Waals surface area contributed by atoms with Crippen LogP contribution in [-0.2, 0) is 20.4 Å². The van der Waals surface area contributed by atoms with Crippen molar-refractivity contribution in [2.45, 2.75) is 58.2 Å². The van der Waals surface area contributed by atoms with E-state index in [0.717, 1.165) is 24.3 Å². The lowest BCUT2D eigenvalue weighted by Crippen LogP contribution is -2.52. The van der Waals surface area contributed by atoms with Crippen molar-refractivity contribution < 1.29 is 37.2 Å². The standard InChI is InChI=1S/C22H29F3N2O6/c1-5-32-18(28)21(10-12-26(13-11-21)19(29)33-20(2,3)4)17(14-27(30)31)15-6-8-16(9-7-15)22(23,24)25/h6-9,17H,5,10-14H2,1-4H3. The molecule has 11 heteroatoms. The molecule has 1 atom stereocenters. The van der Waals surface area contributed by atoms with Crippen LogP contribution in [-0.4, -0.2) is 53.7 Å². The number of alkyl halides is 3. The highest BCUT2D eigenvalue weighted by Gasteiger charge is 2.52. The lowest BCUT2D eigenvalue weighted by atomic mass is 9.66. The van der Waals surface area contributed by atoms with Crippen LogP contribution in [0, 0.1) is 15.5 Å². The Kier molecular flexibility index (Phi) is 7.97. The number of hydrogen-bond acceptors (Lipinski definition) is 6. The van der Waals surface area contributed by atoms with Crippen LogP contribution in [0.4, 0.5) is 18.0 Å². The molecule has 1 amide bonds. The van der Waals surface area contributed by atoms with Crippen LogP contribution in [0.25, 0.3) is 0 Å². The number of hydrogen-bond donors (Lipinski definition) is 0. The second kappa shape index (κ2) is 9.96. The molecule has 1 aromatic rings. The Morgan fingerprint density at radius 2 is 1.70 bits per heavy atom. The Morgan fingerprint density at radius 3 is 2.12 bits per heavy atom. The van der Waals surface area contributed by atoms with Crippen molar-refractivity contribution in [1.29, 1.82) is 0 Å². The summed E-state index contributed by atoms with van der Waals surface area (Å²) in [7, 11) is 0. The van der Waals surface area contributed by atoms with Crippen molar-refractivity contribution in [3.8, 4) is 0 Å². The molecule has 1 heterocycles. The summed E-state index contributed by atoms with van der Waals surface area (Å²) < 4.78 is 49.6. The number of carbonyl (C=O) groups excluding carboxylic acids is 2. The SMILES string of the molecule is CCOC(=O)C1(C(C[N+](=O)[O-])c2ccc(C(F)(F)F)cc2)CCN(C(=O)OC(C)(C)C)CC1. The zero-order valence-electron chi connectivity index (χ0n) is 19.1. The van der Waals surface area contributed by atoms with Crippen LogP contribution >= 0.6 is 0 Å². The summed E-state index contributed by atoms with van der Waals surface area (Å²) in [5, 5.41) is 11.5. The van der Waals surface area contributed by atoms with Gasteiger partial charge in [0, 0.05) is 18.0 Å². The molecule has 1 unspecified atom stereocenters. The number of carbonyl (C=O) groups is 2. The minimum atomic E-state index is -4.56. The van der Waals surface area contributed by atoms with E-state index in [0.29, 0.717) is 0 Å². The fourth-order valence-electron chi connectivity index (χ4n) is 4.04. The van der Waals surface area contributed by atoms with Gasteiger partial charge in [-0.15, -0.1) is 0 Å². The molecular weight excluding hydrogens is 445 g/mol. The summed E-state index contributed by atoms with van der Waals surface area (Å²) in [6.45, 7) is 6.29. The largest absolute Gasteiger partial charge is 0.466 e. The van der Waals surface area contributed by atoms with Gasteiger partial charge in [0.15, 0.2) is 0 Å². The second-order valence-electron chi connectivity index (χ2n) is 9.03. The third-order valence-electron chi connectivity index (χ3n) is 5.63. The molecule has 0 aromatic heterocycles. The minimum Gasteiger partial charge on any atom is -0.466 e. The molecule has 1 saturated heterocycles. The lowest BCUT2D eigenvalue weighted by molar-refractivity contribution is -0.486. The van der Waals surface area contributed by atoms with E-state index in [-0.39, 0.29) is 38.1 Å². The normalized spacial score (nSPS) is 17.2. The Hall–Kier alpha value is -2.85. The van der Waals surface area contributed by atoms with Gasteiger partial charge < -0.3 is 14.4 Å². The van der Waals surface area contributed by atoms with Crippen LogP contribution in [0.1, 0.15) is 57.6 Å². The molecule has 0 bridgehead atoms. The summed E-state index contributed by atoms with van der Waals surface area (Å²) >= 11 is 0. The van der Waals surface area contributed by atoms with Crippen molar-refractivity contribution in [2.24, 2.45) is 5.41 Å². The second-order valence-corrected chi connectivity index (χ2v) is 9.03. The quantitative estimate of drug-likeness (QED) is 0.338. The first-order chi connectivity index (χ1) is 15.2. The average molecular weight is 474 g/mol. The fourth-order valence-corrected chi connectivity index (χ4v) is 4.04. The summed E-state index contributed by atoms with van der Waals surface area (Å²) in [6.07, 6.45) is -5.04. The first-order valence-electron chi connectivity index (χ1n) is 10.6. The van der Waals surface area contributed by atoms with Crippen molar-refractivity contribution in [2.75, 3.05) is 26.2 Å². The molecule has 1 aromatic carbocycles. The maximum atomic E-state index is 13.1. The van der Waals surface area contributed by atoms with Gasteiger partial charge in [0.05, 0.1) is 23.5 Å². The summed E-state index contributed by atoms with van der Waals surface area (Å²) in [5.41, 5.74) is -2.75. The van der Waals surface area contributed by atoms with E-state index in [1.807, 2.05) is 0 Å². The van der Waals surface area contributed by atoms with Gasteiger partial charge in [-0.2, -0.15) is 13.2 Å². The Bertz CT molecular complexity index is 856. The number of nitro groups is 1. The third kappa shape index (κ3) is 6.58. The first kappa shape index (κ1) is 26.4. The smallest absolute Gasteiger partial charge is 0.416 e. The number of likely N-dealkylation sites (tertiary alicyclic amines) is 1. The molecule has 0 aliphatic carbocycles. The third-order valence-corrected chi connectivity index (χ3v) is 5.63. The van der Waals surface area contributed by atoms with Gasteiger partial charge in [0.2, 0.25) is 6.54 Å². The van der Waals surface area contributed by atoms with Gasteiger partial charge in [-0.1, -0.05) is 12.1 Å². The maximum Gasteiger partial charge on any atom is 0.416 e. The van der Waals surface area contributed by atoms with E-state index in [1.165, 1.54) is 4.90 Å². The van der Waals surface area contributed by atoms with Crippen molar-refractivity contribution in [3.63, 3.8) is 0 Å². The Labute approximate surface area is 190 Å².